The number of esters is 1. The van der Waals surface area contributed by atoms with Crippen LogP contribution in [0.25, 0.3) is 0 Å². The van der Waals surface area contributed by atoms with E-state index < -0.39 is 161 Å². The van der Waals surface area contributed by atoms with Gasteiger partial charge in [-0.1, -0.05) is 77.8 Å². The van der Waals surface area contributed by atoms with Crippen LogP contribution in [0.3, 0.4) is 0 Å². The summed E-state index contributed by atoms with van der Waals surface area (Å²) in [4.78, 5) is 146. The summed E-state index contributed by atoms with van der Waals surface area (Å²) in [6.45, 7) is 14.9. The topological polar surface area (TPSA) is 401 Å². The number of Topliss-reactive ketones (excluding diaryl/α,β-unsaturated/α-hetero) is 1. The minimum absolute atomic E-state index is 0.0241. The van der Waals surface area contributed by atoms with E-state index in [1.807, 2.05) is 6.92 Å². The van der Waals surface area contributed by atoms with Gasteiger partial charge >= 0.3 is 24.2 Å². The molecule has 1 aromatic rings. The predicted molar refractivity (Wildman–Crippen MR) is 387 cm³/mol. The van der Waals surface area contributed by atoms with Crippen LogP contribution in [0.15, 0.2) is 59.7 Å². The smallest absolute Gasteiger partial charge is 0.408 e. The molecule has 8 amide bonds. The summed E-state index contributed by atoms with van der Waals surface area (Å²) in [5, 5.41) is 28.5. The third-order valence-corrected chi connectivity index (χ3v) is 22.4. The number of hydrogen-bond acceptors (Lipinski definition) is 21. The number of alkyl carbamates (subject to hydrolysis) is 2. The Morgan fingerprint density at radius 2 is 1.45 bits per heavy atom. The van der Waals surface area contributed by atoms with Gasteiger partial charge in [0.25, 0.3) is 0 Å². The number of fused-ring (bicyclic) bond motifs is 8. The van der Waals surface area contributed by atoms with Crippen LogP contribution >= 0.6 is 0 Å². The predicted octanol–water partition coefficient (Wildman–Crippen LogP) is 6.16. The molecule has 5 fully saturated rings. The number of hydrogen-bond donors (Lipinski definition) is 9. The number of alkyl halides is 2. The molecule has 1 aromatic carbocycles. The van der Waals surface area contributed by atoms with Crippen LogP contribution in [0, 0.1) is 58.2 Å². The van der Waals surface area contributed by atoms with Gasteiger partial charge in [0.1, 0.15) is 48.9 Å². The number of allylic oxidation sites excluding steroid dienone is 6. The molecule has 2 unspecified atom stereocenters. The number of benzene rings is 1. The number of ketones is 2. The number of anilines is 1. The van der Waals surface area contributed by atoms with Crippen molar-refractivity contribution in [2.45, 2.75) is 199 Å². The van der Waals surface area contributed by atoms with E-state index in [0.717, 1.165) is 31.8 Å². The third-order valence-electron chi connectivity index (χ3n) is 22.4. The Morgan fingerprint density at radius 3 is 2.11 bits per heavy atom. The van der Waals surface area contributed by atoms with Gasteiger partial charge in [-0.25, -0.2) is 28.0 Å². The van der Waals surface area contributed by atoms with E-state index in [1.165, 1.54) is 48.9 Å². The Labute approximate surface area is 629 Å². The van der Waals surface area contributed by atoms with Crippen LogP contribution in [-0.2, 0) is 87.6 Å². The minimum Gasteiger partial charge on any atom is -0.456 e. The lowest BCUT2D eigenvalue weighted by molar-refractivity contribution is -0.217. The highest BCUT2D eigenvalue weighted by Crippen LogP contribution is 2.73. The molecule has 4 saturated carbocycles. The van der Waals surface area contributed by atoms with Crippen molar-refractivity contribution >= 4 is 71.4 Å². The van der Waals surface area contributed by atoms with Crippen LogP contribution in [-0.4, -0.2) is 211 Å². The number of rotatable bonds is 42. The molecule has 6 aliphatic carbocycles. The average molecular weight is 1520 g/mol. The molecule has 1 saturated heterocycles. The van der Waals surface area contributed by atoms with E-state index in [9.17, 15) is 57.8 Å². The first-order valence-corrected chi connectivity index (χ1v) is 38.0. The van der Waals surface area contributed by atoms with Gasteiger partial charge in [-0.3, -0.25) is 28.8 Å². The molecule has 0 bridgehead atoms. The standard InChI is InChI=1S/C77H112F2N8O21/c1-9-12-65-107-63-38-55-56-37-58(78)57-36-51(90)22-24-74(57,7)76(56,79)49(40-88)39-75(55,8)77(63,108-65)62(91)44-104-70(96)60(35-45(2)3)85-68(94)61(41-89)86-73(99)105-42-48-17-19-50(20-18-48)83-67(93)59(15-11-25-81-71(80)97)84-69(95)66(46(4)5)87-64(92)23-27-100-29-31-102-33-34-103-32-30-101-28-26-82-72(98)106-43-54-52-14-10-13-47(6)16-21-53(52)54/h13,17-20,22,24,36,40,45-46,49,52-56,58-61,63,65-66,89H,9-12,14-16,21,23,25-35,37-39,41-44H2,1-8H3,(H,82,98)(H,83,93)(H,84,95)(H,85,94)(H,86,99)(H,87,92)(H3,80,81,97)/b47-13-/t49-,52-,53+,54-,55?,56+,58+,59+,60+,61+,63-,65?,66+,74+,75+,76-,77-/m1/s1. The molecular formula is C77H112F2N8O21. The monoisotopic (exact) mass is 1520 g/mol. The lowest BCUT2D eigenvalue weighted by Crippen LogP contribution is -2.69. The van der Waals surface area contributed by atoms with Gasteiger partial charge in [0.2, 0.25) is 29.4 Å². The summed E-state index contributed by atoms with van der Waals surface area (Å²) in [6, 6.07) is -0.0456. The Hall–Kier alpha value is -7.81. The van der Waals surface area contributed by atoms with E-state index in [-0.39, 0.29) is 95.1 Å². The lowest BCUT2D eigenvalue weighted by atomic mass is 9.42. The average Bonchev–Trinajstić information content (AvgIpc) is 1.40. The second-order valence-electron chi connectivity index (χ2n) is 30.5. The summed E-state index contributed by atoms with van der Waals surface area (Å²) in [5.74, 6) is -7.25. The van der Waals surface area contributed by atoms with Crippen LogP contribution in [0.4, 0.5) is 28.9 Å². The Morgan fingerprint density at radius 1 is 0.778 bits per heavy atom. The van der Waals surface area contributed by atoms with Crippen LogP contribution in [0.2, 0.25) is 0 Å². The number of amides is 8. The highest BCUT2D eigenvalue weighted by Gasteiger charge is 2.80. The van der Waals surface area contributed by atoms with Gasteiger partial charge in [-0.2, -0.15) is 0 Å². The van der Waals surface area contributed by atoms with E-state index in [2.05, 4.69) is 50.2 Å². The van der Waals surface area contributed by atoms with Crippen molar-refractivity contribution in [3.63, 3.8) is 0 Å². The number of nitrogens with two attached hydrogens (primary N) is 1. The molecule has 10 N–H and O–H groups in total. The third kappa shape index (κ3) is 21.4. The van der Waals surface area contributed by atoms with Crippen molar-refractivity contribution < 1.29 is 109 Å². The fraction of sp³-hybridized carbons (Fsp3) is 0.701. The molecule has 1 aliphatic heterocycles. The first kappa shape index (κ1) is 85.8. The highest BCUT2D eigenvalue weighted by atomic mass is 19.1. The van der Waals surface area contributed by atoms with Gasteiger partial charge in [0.15, 0.2) is 24.3 Å². The molecule has 108 heavy (non-hydrogen) atoms. The molecule has 0 radical (unpaired) electrons. The number of aldehydes is 1. The van der Waals surface area contributed by atoms with Crippen molar-refractivity contribution in [1.29, 1.82) is 0 Å². The van der Waals surface area contributed by atoms with E-state index in [4.69, 9.17) is 48.4 Å². The highest BCUT2D eigenvalue weighted by molar-refractivity contribution is 6.02. The van der Waals surface area contributed by atoms with Crippen molar-refractivity contribution in [3.8, 4) is 0 Å². The van der Waals surface area contributed by atoms with E-state index >= 15 is 8.78 Å². The molecule has 31 heteroatoms. The number of halogens is 2. The molecule has 17 atom stereocenters. The van der Waals surface area contributed by atoms with E-state index in [0.29, 0.717) is 88.6 Å². The molecule has 1 heterocycles. The maximum absolute atomic E-state index is 18.3. The molecule has 7 aliphatic rings. The molecular weight excluding hydrogens is 1410 g/mol. The molecule has 600 valence electrons. The maximum Gasteiger partial charge on any atom is 0.408 e. The summed E-state index contributed by atoms with van der Waals surface area (Å²) < 4.78 is 86.4. The Kier molecular flexibility index (Phi) is 31.5. The second-order valence-corrected chi connectivity index (χ2v) is 30.5. The second kappa shape index (κ2) is 39.7. The van der Waals surface area contributed by atoms with Crippen molar-refractivity contribution in [2.24, 2.45) is 63.9 Å². The summed E-state index contributed by atoms with van der Waals surface area (Å²) in [5.41, 5.74) is 0.0760. The van der Waals surface area contributed by atoms with Gasteiger partial charge in [-0.15, -0.1) is 0 Å². The fourth-order valence-corrected chi connectivity index (χ4v) is 16.7. The first-order chi connectivity index (χ1) is 51.5. The van der Waals surface area contributed by atoms with Gasteiger partial charge < -0.3 is 95.5 Å². The van der Waals surface area contributed by atoms with E-state index in [1.54, 1.807) is 34.6 Å². The molecule has 8 rings (SSSR count). The fourth-order valence-electron chi connectivity index (χ4n) is 16.7. The van der Waals surface area contributed by atoms with Gasteiger partial charge in [0.05, 0.1) is 78.1 Å². The largest absolute Gasteiger partial charge is 0.456 e. The number of primary amides is 1. The van der Waals surface area contributed by atoms with Crippen molar-refractivity contribution in [1.82, 2.24) is 31.9 Å². The molecule has 0 aromatic heterocycles. The maximum atomic E-state index is 18.3. The zero-order chi connectivity index (χ0) is 78.5. The van der Waals surface area contributed by atoms with Gasteiger partial charge in [0, 0.05) is 41.9 Å². The zero-order valence-electron chi connectivity index (χ0n) is 63.4. The zero-order valence-corrected chi connectivity index (χ0v) is 63.4. The number of urea groups is 1. The Balaban J connectivity index is 0.737. The lowest BCUT2D eigenvalue weighted by Gasteiger charge is -2.63. The summed E-state index contributed by atoms with van der Waals surface area (Å²) >= 11 is 0. The number of aliphatic hydroxyl groups excluding tert-OH is 1. The number of carbonyl (C=O) groups is 11. The number of nitrogens with one attached hydrogen (secondary N) is 7. The Bertz CT molecular complexity index is 3420. The normalized spacial score (nSPS) is 28.8. The summed E-state index contributed by atoms with van der Waals surface area (Å²) in [7, 11) is 0. The molecule has 29 nitrogen and oxygen atoms in total. The minimum atomic E-state index is -2.36. The number of carbonyl (C=O) groups excluding carboxylic acids is 11. The van der Waals surface area contributed by atoms with Crippen molar-refractivity contribution in [2.75, 3.05) is 91.1 Å². The summed E-state index contributed by atoms with van der Waals surface area (Å²) in [6.07, 6.45) is 6.34. The first-order valence-electron chi connectivity index (χ1n) is 38.0. The van der Waals surface area contributed by atoms with Crippen LogP contribution in [0.5, 0.6) is 0 Å². The van der Waals surface area contributed by atoms with Crippen LogP contribution in [0.1, 0.15) is 144 Å². The SMILES string of the molecule is CCCC1O[C@@H]2CC3[C@@H]4C[C@H](F)C5=CC(=O)C=C[C@]5(C)[C@@]4(F)[C@@H](C=O)C[C@]3(C)[C@]2(C(=O)COC(=O)[C@H](CC(C)C)NC(=O)[C@H](CO)NC(=O)OCc2ccc(NC(=O)[C@H](CCCNC(N)=O)NC(=O)[C@@H](NC(=O)CCOCCOCCOCCOCCNC(=O)OC[C@@H]3[C@@H]4CC/C=C(/C)CC[C@@H]43)C(C)C)cc2)O1. The van der Waals surface area contributed by atoms with Gasteiger partial charge in [-0.05, 0) is 155 Å². The van der Waals surface area contributed by atoms with Crippen molar-refractivity contribution in [3.05, 3.63) is 65.3 Å². The van der Waals surface area contributed by atoms with Crippen LogP contribution < -0.4 is 43.0 Å². The number of ether oxygens (including phenoxy) is 9. The molecule has 0 spiro atoms. The number of aliphatic hydroxyl groups is 1. The quantitative estimate of drug-likeness (QED) is 0.0116.